The predicted molar refractivity (Wildman–Crippen MR) is 128 cm³/mol. The Bertz CT molecular complexity index is 771. The summed E-state index contributed by atoms with van der Waals surface area (Å²) < 4.78 is 22.6. The van der Waals surface area contributed by atoms with Gasteiger partial charge in [-0.15, -0.1) is 0 Å². The maximum atomic E-state index is 10.5. The lowest BCUT2D eigenvalue weighted by Crippen LogP contribution is -2.62. The van der Waals surface area contributed by atoms with Crippen molar-refractivity contribution in [1.29, 1.82) is 0 Å². The van der Waals surface area contributed by atoms with Crippen molar-refractivity contribution in [3.63, 3.8) is 0 Å². The number of aliphatic hydroxyl groups is 8. The van der Waals surface area contributed by atoms with Gasteiger partial charge >= 0.3 is 0 Å². The third-order valence-corrected chi connectivity index (χ3v) is 7.68. The molecule has 1 aliphatic carbocycles. The SMILES string of the molecule is CC1=C(CC[C@@H](C)O)C(C)(C)C[C@H](O[C@@H]2O[C@H](CO[C@@H]3O[C@H](CO)[C@@H](O)[C@H](O)[C@H]3O)[C@@H](O)[C@H](O)[C@H]2O)C1. The molecule has 12 nitrogen and oxygen atoms in total. The van der Waals surface area contributed by atoms with Crippen LogP contribution in [-0.4, -0.2) is 128 Å². The van der Waals surface area contributed by atoms with E-state index in [0.29, 0.717) is 19.3 Å². The Morgan fingerprint density at radius 2 is 1.46 bits per heavy atom. The van der Waals surface area contributed by atoms with E-state index >= 15 is 0 Å². The summed E-state index contributed by atoms with van der Waals surface area (Å²) >= 11 is 0. The van der Waals surface area contributed by atoms with Gasteiger partial charge < -0.3 is 59.8 Å². The van der Waals surface area contributed by atoms with E-state index in [4.69, 9.17) is 18.9 Å². The van der Waals surface area contributed by atoms with E-state index in [1.807, 2.05) is 6.92 Å². The van der Waals surface area contributed by atoms with E-state index < -0.39 is 80.7 Å². The van der Waals surface area contributed by atoms with Crippen molar-refractivity contribution in [2.75, 3.05) is 13.2 Å². The molecule has 0 bridgehead atoms. The largest absolute Gasteiger partial charge is 0.394 e. The Kier molecular flexibility index (Phi) is 10.5. The molecule has 0 aromatic heterocycles. The molecule has 37 heavy (non-hydrogen) atoms. The molecule has 2 aliphatic heterocycles. The molecule has 216 valence electrons. The summed E-state index contributed by atoms with van der Waals surface area (Å²) in [6.45, 7) is 6.93. The summed E-state index contributed by atoms with van der Waals surface area (Å²) in [5.74, 6) is 0. The van der Waals surface area contributed by atoms with Crippen molar-refractivity contribution >= 4 is 0 Å². The third-order valence-electron chi connectivity index (χ3n) is 7.68. The number of hydrogen-bond donors (Lipinski definition) is 8. The van der Waals surface area contributed by atoms with Crippen molar-refractivity contribution in [3.05, 3.63) is 11.1 Å². The maximum absolute atomic E-state index is 10.5. The van der Waals surface area contributed by atoms with Gasteiger partial charge in [-0.3, -0.25) is 0 Å². The van der Waals surface area contributed by atoms with Crippen molar-refractivity contribution in [2.45, 2.75) is 127 Å². The minimum atomic E-state index is -1.64. The van der Waals surface area contributed by atoms with E-state index in [9.17, 15) is 40.9 Å². The lowest BCUT2D eigenvalue weighted by atomic mass is 9.70. The zero-order valence-electron chi connectivity index (χ0n) is 21.9. The van der Waals surface area contributed by atoms with Crippen molar-refractivity contribution in [1.82, 2.24) is 0 Å². The molecule has 0 saturated carbocycles. The highest BCUT2D eigenvalue weighted by molar-refractivity contribution is 5.24. The van der Waals surface area contributed by atoms with Gasteiger partial charge in [-0.1, -0.05) is 25.0 Å². The Labute approximate surface area is 217 Å². The summed E-state index contributed by atoms with van der Waals surface area (Å²) in [5, 5.41) is 80.5. The fourth-order valence-electron chi connectivity index (χ4n) is 5.56. The summed E-state index contributed by atoms with van der Waals surface area (Å²) in [6.07, 6.45) is -12.6. The van der Waals surface area contributed by atoms with Crippen LogP contribution in [0.3, 0.4) is 0 Å². The molecular weight excluding hydrogens is 492 g/mol. The molecule has 0 unspecified atom stereocenters. The van der Waals surface area contributed by atoms with Crippen LogP contribution in [0.4, 0.5) is 0 Å². The van der Waals surface area contributed by atoms with Gasteiger partial charge in [-0.05, 0) is 44.9 Å². The lowest BCUT2D eigenvalue weighted by molar-refractivity contribution is -0.336. The fourth-order valence-corrected chi connectivity index (χ4v) is 5.56. The van der Waals surface area contributed by atoms with Gasteiger partial charge in [-0.25, -0.2) is 0 Å². The first-order valence-electron chi connectivity index (χ1n) is 12.9. The molecule has 2 saturated heterocycles. The number of ether oxygens (including phenoxy) is 4. The molecule has 0 amide bonds. The molecule has 0 aromatic carbocycles. The van der Waals surface area contributed by atoms with E-state index in [-0.39, 0.29) is 11.5 Å². The molecule has 12 heteroatoms. The standard InChI is InChI=1S/C25H44O12/c1-11-7-13(8-25(3,4)14(11)6-5-12(2)27)35-24-22(33)20(31)18(29)16(37-24)10-34-23-21(32)19(30)17(28)15(9-26)36-23/h12-13,15-24,26-33H,5-10H2,1-4H3/t12-,13-,15-,16-,17-,18-,19+,20+,21-,22-,23-,24-/m1/s1. The molecule has 2 heterocycles. The zero-order chi connectivity index (χ0) is 27.7. The molecule has 12 atom stereocenters. The Morgan fingerprint density at radius 1 is 0.892 bits per heavy atom. The lowest BCUT2D eigenvalue weighted by Gasteiger charge is -2.45. The molecular formula is C25H44O12. The second-order valence-corrected chi connectivity index (χ2v) is 11.2. The van der Waals surface area contributed by atoms with Crippen LogP contribution >= 0.6 is 0 Å². The topological polar surface area (TPSA) is 199 Å². The molecule has 8 N–H and O–H groups in total. The summed E-state index contributed by atoms with van der Waals surface area (Å²) in [7, 11) is 0. The first kappa shape index (κ1) is 30.8. The summed E-state index contributed by atoms with van der Waals surface area (Å²) in [6, 6.07) is 0. The number of allylic oxidation sites excluding steroid dienone is 1. The summed E-state index contributed by atoms with van der Waals surface area (Å²) in [5.41, 5.74) is 2.18. The highest BCUT2D eigenvalue weighted by atomic mass is 16.7. The van der Waals surface area contributed by atoms with Crippen LogP contribution in [-0.2, 0) is 18.9 Å². The van der Waals surface area contributed by atoms with Gasteiger partial charge in [0.05, 0.1) is 25.4 Å². The van der Waals surface area contributed by atoms with Crippen LogP contribution in [0.2, 0.25) is 0 Å². The zero-order valence-corrected chi connectivity index (χ0v) is 21.9. The monoisotopic (exact) mass is 536 g/mol. The van der Waals surface area contributed by atoms with Gasteiger partial charge in [0, 0.05) is 0 Å². The molecule has 0 radical (unpaired) electrons. The normalized spacial score (nSPS) is 43.6. The van der Waals surface area contributed by atoms with Gasteiger partial charge in [0.1, 0.15) is 48.8 Å². The van der Waals surface area contributed by atoms with Crippen molar-refractivity contribution in [3.8, 4) is 0 Å². The third kappa shape index (κ3) is 7.07. The first-order valence-corrected chi connectivity index (χ1v) is 12.9. The first-order chi connectivity index (χ1) is 17.3. The average Bonchev–Trinajstić information content (AvgIpc) is 2.82. The number of rotatable bonds is 9. The van der Waals surface area contributed by atoms with Crippen LogP contribution in [0.15, 0.2) is 11.1 Å². The quantitative estimate of drug-likeness (QED) is 0.156. The molecule has 3 rings (SSSR count). The summed E-state index contributed by atoms with van der Waals surface area (Å²) in [4.78, 5) is 0. The predicted octanol–water partition coefficient (Wildman–Crippen LogP) is -1.71. The van der Waals surface area contributed by atoms with Gasteiger partial charge in [-0.2, -0.15) is 0 Å². The number of hydrogen-bond acceptors (Lipinski definition) is 12. The Balaban J connectivity index is 1.64. The second kappa shape index (κ2) is 12.6. The Hall–Kier alpha value is -0.740. The minimum absolute atomic E-state index is 0.217. The van der Waals surface area contributed by atoms with E-state index in [1.165, 1.54) is 5.57 Å². The smallest absolute Gasteiger partial charge is 0.186 e. The van der Waals surface area contributed by atoms with E-state index in [2.05, 4.69) is 13.8 Å². The highest BCUT2D eigenvalue weighted by Gasteiger charge is 2.48. The number of aliphatic hydroxyl groups excluding tert-OH is 8. The van der Waals surface area contributed by atoms with Gasteiger partial charge in [0.2, 0.25) is 0 Å². The van der Waals surface area contributed by atoms with E-state index in [0.717, 1.165) is 12.0 Å². The minimum Gasteiger partial charge on any atom is -0.394 e. The van der Waals surface area contributed by atoms with Gasteiger partial charge in [0.15, 0.2) is 12.6 Å². The van der Waals surface area contributed by atoms with E-state index in [1.54, 1.807) is 6.92 Å². The van der Waals surface area contributed by atoms with Crippen LogP contribution < -0.4 is 0 Å². The second-order valence-electron chi connectivity index (χ2n) is 11.2. The molecule has 0 aromatic rings. The van der Waals surface area contributed by atoms with Crippen molar-refractivity contribution in [2.24, 2.45) is 5.41 Å². The molecule has 3 aliphatic rings. The Morgan fingerprint density at radius 3 is 2.03 bits per heavy atom. The van der Waals surface area contributed by atoms with Crippen molar-refractivity contribution < 1.29 is 59.8 Å². The highest BCUT2D eigenvalue weighted by Crippen LogP contribution is 2.44. The fraction of sp³-hybridized carbons (Fsp3) is 0.920. The molecule has 0 spiro atoms. The van der Waals surface area contributed by atoms with Crippen LogP contribution in [0.25, 0.3) is 0 Å². The maximum Gasteiger partial charge on any atom is 0.186 e. The van der Waals surface area contributed by atoms with Crippen LogP contribution in [0, 0.1) is 5.41 Å². The van der Waals surface area contributed by atoms with Gasteiger partial charge in [0.25, 0.3) is 0 Å². The average molecular weight is 537 g/mol. The molecule has 2 fully saturated rings. The van der Waals surface area contributed by atoms with Crippen LogP contribution in [0.1, 0.15) is 53.4 Å². The van der Waals surface area contributed by atoms with Crippen LogP contribution in [0.5, 0.6) is 0 Å².